The highest BCUT2D eigenvalue weighted by atomic mass is 14.7. The number of pyridine rings is 1. The molecule has 3 nitrogen and oxygen atoms in total. The van der Waals surface area contributed by atoms with Crippen LogP contribution in [0.1, 0.15) is 31.2 Å². The molecule has 16 heavy (non-hydrogen) atoms. The van der Waals surface area contributed by atoms with E-state index in [-0.39, 0.29) is 6.04 Å². The third-order valence-corrected chi connectivity index (χ3v) is 3.09. The lowest BCUT2D eigenvalue weighted by molar-refractivity contribution is 0.654. The number of hydrogen-bond acceptors (Lipinski definition) is 3. The molecule has 1 unspecified atom stereocenters. The van der Waals surface area contributed by atoms with E-state index >= 15 is 0 Å². The highest BCUT2D eigenvalue weighted by Gasteiger charge is 2.10. The van der Waals surface area contributed by atoms with Crippen molar-refractivity contribution in [2.24, 2.45) is 5.73 Å². The summed E-state index contributed by atoms with van der Waals surface area (Å²) < 4.78 is 0. The Balaban J connectivity index is 2.11. The molecule has 4 N–H and O–H groups in total. The average Bonchev–Trinajstić information content (AvgIpc) is 2.46. The Morgan fingerprint density at radius 3 is 3.06 bits per heavy atom. The lowest BCUT2D eigenvalue weighted by atomic mass is 10.0. The fraction of sp³-hybridized carbons (Fsp3) is 0.462. The summed E-state index contributed by atoms with van der Waals surface area (Å²) in [6.45, 7) is 0. The number of hydrogen-bond donors (Lipinski definition) is 2. The fourth-order valence-electron chi connectivity index (χ4n) is 2.18. The van der Waals surface area contributed by atoms with E-state index in [1.165, 1.54) is 18.4 Å². The van der Waals surface area contributed by atoms with E-state index in [2.05, 4.69) is 11.1 Å². The largest absolute Gasteiger partial charge is 0.398 e. The van der Waals surface area contributed by atoms with Crippen LogP contribution in [0.25, 0.3) is 0 Å². The van der Waals surface area contributed by atoms with Gasteiger partial charge in [0.05, 0.1) is 0 Å². The Kier molecular flexibility index (Phi) is 3.57. The van der Waals surface area contributed by atoms with Gasteiger partial charge in [-0.25, -0.2) is 0 Å². The third-order valence-electron chi connectivity index (χ3n) is 3.09. The van der Waals surface area contributed by atoms with Gasteiger partial charge in [0.1, 0.15) is 0 Å². The summed E-state index contributed by atoms with van der Waals surface area (Å²) in [4.78, 5) is 4.11. The molecule has 0 aromatic carbocycles. The summed E-state index contributed by atoms with van der Waals surface area (Å²) in [7, 11) is 0. The minimum atomic E-state index is 0.218. The van der Waals surface area contributed by atoms with Crippen LogP contribution in [0.4, 0.5) is 5.69 Å². The molecule has 0 bridgehead atoms. The van der Waals surface area contributed by atoms with Gasteiger partial charge in [0.25, 0.3) is 0 Å². The fourth-order valence-corrected chi connectivity index (χ4v) is 2.18. The zero-order valence-electron chi connectivity index (χ0n) is 9.52. The number of nitrogen functional groups attached to an aromatic ring is 1. The molecule has 0 amide bonds. The molecule has 1 aromatic heterocycles. The molecule has 3 heteroatoms. The Morgan fingerprint density at radius 1 is 1.38 bits per heavy atom. The zero-order chi connectivity index (χ0) is 11.4. The van der Waals surface area contributed by atoms with Crippen molar-refractivity contribution in [3.8, 4) is 0 Å². The maximum atomic E-state index is 5.99. The van der Waals surface area contributed by atoms with Crippen LogP contribution in [-0.2, 0) is 6.42 Å². The van der Waals surface area contributed by atoms with Crippen LogP contribution in [0, 0.1) is 0 Å². The van der Waals surface area contributed by atoms with Crippen molar-refractivity contribution < 1.29 is 0 Å². The maximum Gasteiger partial charge on any atom is 0.0380 e. The van der Waals surface area contributed by atoms with Crippen LogP contribution in [0.15, 0.2) is 30.1 Å². The molecular formula is C13H19N3. The van der Waals surface area contributed by atoms with Crippen molar-refractivity contribution in [1.29, 1.82) is 0 Å². The predicted octanol–water partition coefficient (Wildman–Crippen LogP) is 2.03. The van der Waals surface area contributed by atoms with Crippen LogP contribution in [-0.4, -0.2) is 11.0 Å². The van der Waals surface area contributed by atoms with Gasteiger partial charge in [-0.05, 0) is 37.3 Å². The lowest BCUT2D eigenvalue weighted by Gasteiger charge is -2.08. The molecule has 1 heterocycles. The van der Waals surface area contributed by atoms with Crippen LogP contribution >= 0.6 is 0 Å². The highest BCUT2D eigenvalue weighted by Crippen LogP contribution is 2.22. The van der Waals surface area contributed by atoms with E-state index in [1.54, 1.807) is 6.20 Å². The number of aromatic nitrogens is 1. The van der Waals surface area contributed by atoms with E-state index in [9.17, 15) is 0 Å². The van der Waals surface area contributed by atoms with E-state index in [1.807, 2.05) is 12.3 Å². The van der Waals surface area contributed by atoms with Crippen molar-refractivity contribution in [2.75, 3.05) is 5.73 Å². The highest BCUT2D eigenvalue weighted by molar-refractivity contribution is 5.46. The van der Waals surface area contributed by atoms with Gasteiger partial charge < -0.3 is 11.5 Å². The van der Waals surface area contributed by atoms with E-state index in [0.717, 1.165) is 30.5 Å². The second-order valence-corrected chi connectivity index (χ2v) is 4.49. The molecule has 1 aliphatic rings. The van der Waals surface area contributed by atoms with Gasteiger partial charge in [0.2, 0.25) is 0 Å². The summed E-state index contributed by atoms with van der Waals surface area (Å²) in [6, 6.07) is 2.07. The minimum Gasteiger partial charge on any atom is -0.398 e. The maximum absolute atomic E-state index is 5.99. The minimum absolute atomic E-state index is 0.218. The van der Waals surface area contributed by atoms with Crippen molar-refractivity contribution in [1.82, 2.24) is 4.98 Å². The molecule has 0 saturated heterocycles. The molecule has 0 saturated carbocycles. The van der Waals surface area contributed by atoms with E-state index in [4.69, 9.17) is 11.5 Å². The Labute approximate surface area is 96.6 Å². The average molecular weight is 217 g/mol. The Morgan fingerprint density at radius 2 is 2.25 bits per heavy atom. The molecular weight excluding hydrogens is 198 g/mol. The summed E-state index contributed by atoms with van der Waals surface area (Å²) in [5.41, 5.74) is 15.3. The summed E-state index contributed by atoms with van der Waals surface area (Å²) in [5.74, 6) is 0. The first-order valence-corrected chi connectivity index (χ1v) is 5.89. The summed E-state index contributed by atoms with van der Waals surface area (Å²) in [6.07, 6.45) is 11.4. The number of allylic oxidation sites excluding steroid dienone is 1. The first kappa shape index (κ1) is 11.1. The van der Waals surface area contributed by atoms with Crippen molar-refractivity contribution in [2.45, 2.75) is 38.1 Å². The quantitative estimate of drug-likeness (QED) is 0.745. The molecule has 1 aromatic rings. The topological polar surface area (TPSA) is 64.9 Å². The molecule has 0 spiro atoms. The van der Waals surface area contributed by atoms with Crippen LogP contribution in [0.3, 0.4) is 0 Å². The number of anilines is 1. The van der Waals surface area contributed by atoms with Gasteiger partial charge in [0, 0.05) is 24.1 Å². The molecule has 0 fully saturated rings. The van der Waals surface area contributed by atoms with Gasteiger partial charge >= 0.3 is 0 Å². The predicted molar refractivity (Wildman–Crippen MR) is 66.9 cm³/mol. The Hall–Kier alpha value is -1.35. The van der Waals surface area contributed by atoms with Crippen molar-refractivity contribution in [3.63, 3.8) is 0 Å². The number of nitrogens with zero attached hydrogens (tertiary/aromatic N) is 1. The van der Waals surface area contributed by atoms with Gasteiger partial charge in [-0.1, -0.05) is 18.1 Å². The molecule has 0 radical (unpaired) electrons. The monoisotopic (exact) mass is 217 g/mol. The molecule has 2 rings (SSSR count). The van der Waals surface area contributed by atoms with Crippen LogP contribution in [0.5, 0.6) is 0 Å². The van der Waals surface area contributed by atoms with E-state index < -0.39 is 0 Å². The smallest absolute Gasteiger partial charge is 0.0380 e. The standard InChI is InChI=1S/C13H19N3/c14-12-4-2-1-3-10(8-12)7-11-9-16-6-5-13(11)15/h5-6,8-9,12H,1-4,7,14H2,(H2,15,16). The van der Waals surface area contributed by atoms with Crippen molar-refractivity contribution >= 4 is 5.69 Å². The normalized spacial score (nSPS) is 21.3. The third kappa shape index (κ3) is 2.83. The summed E-state index contributed by atoms with van der Waals surface area (Å²) >= 11 is 0. The molecule has 0 aliphatic heterocycles. The molecule has 1 aliphatic carbocycles. The second-order valence-electron chi connectivity index (χ2n) is 4.49. The lowest BCUT2D eigenvalue weighted by Crippen LogP contribution is -2.16. The second kappa shape index (κ2) is 5.12. The number of nitrogens with two attached hydrogens (primary N) is 2. The van der Waals surface area contributed by atoms with Crippen LogP contribution in [0.2, 0.25) is 0 Å². The van der Waals surface area contributed by atoms with Gasteiger partial charge in [0.15, 0.2) is 0 Å². The summed E-state index contributed by atoms with van der Waals surface area (Å²) in [5, 5.41) is 0. The van der Waals surface area contributed by atoms with Gasteiger partial charge in [-0.3, -0.25) is 4.98 Å². The van der Waals surface area contributed by atoms with Crippen molar-refractivity contribution in [3.05, 3.63) is 35.7 Å². The van der Waals surface area contributed by atoms with E-state index in [0.29, 0.717) is 0 Å². The Bertz CT molecular complexity index is 385. The van der Waals surface area contributed by atoms with Crippen LogP contribution < -0.4 is 11.5 Å². The van der Waals surface area contributed by atoms with Gasteiger partial charge in [-0.2, -0.15) is 0 Å². The zero-order valence-corrected chi connectivity index (χ0v) is 9.52. The first-order valence-electron chi connectivity index (χ1n) is 5.89. The number of rotatable bonds is 2. The van der Waals surface area contributed by atoms with Gasteiger partial charge in [-0.15, -0.1) is 0 Å². The first-order chi connectivity index (χ1) is 7.75. The SMILES string of the molecule is Nc1ccncc1CC1=CC(N)CCCC1. The molecule has 86 valence electrons. The molecule has 1 atom stereocenters.